The van der Waals surface area contributed by atoms with Crippen molar-refractivity contribution in [1.29, 1.82) is 0 Å². The molecule has 0 fully saturated rings. The Labute approximate surface area is 206 Å². The van der Waals surface area contributed by atoms with Crippen molar-refractivity contribution in [2.24, 2.45) is 0 Å². The molecule has 0 amide bonds. The van der Waals surface area contributed by atoms with Crippen LogP contribution in [0.2, 0.25) is 0 Å². The Morgan fingerprint density at radius 3 is 2.28 bits per heavy atom. The highest BCUT2D eigenvalue weighted by atomic mass is 16.5. The monoisotopic (exact) mass is 487 g/mol. The number of Topliss-reactive ketones (excluding diaryl/α,β-unsaturated/α-hetero) is 1. The Morgan fingerprint density at radius 2 is 1.61 bits per heavy atom. The molecule has 4 aromatic rings. The van der Waals surface area contributed by atoms with E-state index in [-0.39, 0.29) is 34.5 Å². The maximum atomic E-state index is 13.2. The first-order valence-corrected chi connectivity index (χ1v) is 11.4. The Hall–Kier alpha value is -4.53. The summed E-state index contributed by atoms with van der Waals surface area (Å²) >= 11 is 0. The molecule has 36 heavy (non-hydrogen) atoms. The van der Waals surface area contributed by atoms with Crippen molar-refractivity contribution >= 4 is 28.5 Å². The van der Waals surface area contributed by atoms with Crippen LogP contribution in [0.4, 0.5) is 0 Å². The van der Waals surface area contributed by atoms with Crippen LogP contribution in [0.5, 0.6) is 0 Å². The molecule has 0 bridgehead atoms. The summed E-state index contributed by atoms with van der Waals surface area (Å²) < 4.78 is 11.7. The number of nitrogens with zero attached hydrogens (tertiary/aromatic N) is 2. The number of para-hydroxylation sites is 1. The number of aromatic nitrogens is 3. The number of aryl methyl sites for hydroxylation is 1. The SMILES string of the molecule is CCOC(=O)c1c(C)[nH]c(C(=O)C(C)OC(=O)c2nn(-c3ccccc3)c(=O)c3ccccc23)c1C. The molecule has 9 nitrogen and oxygen atoms in total. The summed E-state index contributed by atoms with van der Waals surface area (Å²) in [5, 5.41) is 4.89. The molecule has 9 heteroatoms. The number of H-pyrrole nitrogens is 1. The van der Waals surface area contributed by atoms with Gasteiger partial charge in [-0.25, -0.2) is 9.59 Å². The van der Waals surface area contributed by atoms with Crippen LogP contribution in [0.15, 0.2) is 59.4 Å². The summed E-state index contributed by atoms with van der Waals surface area (Å²) in [6, 6.07) is 15.3. The second-order valence-electron chi connectivity index (χ2n) is 8.20. The van der Waals surface area contributed by atoms with Gasteiger partial charge in [0.1, 0.15) is 0 Å². The van der Waals surface area contributed by atoms with E-state index in [0.29, 0.717) is 22.3 Å². The molecule has 0 aliphatic rings. The van der Waals surface area contributed by atoms with E-state index in [9.17, 15) is 19.2 Å². The summed E-state index contributed by atoms with van der Waals surface area (Å²) in [5.74, 6) is -1.91. The molecule has 2 aromatic heterocycles. The number of hydrogen-bond acceptors (Lipinski definition) is 7. The van der Waals surface area contributed by atoms with E-state index < -0.39 is 23.8 Å². The Morgan fingerprint density at radius 1 is 0.972 bits per heavy atom. The molecule has 2 aromatic carbocycles. The van der Waals surface area contributed by atoms with Gasteiger partial charge in [0.05, 0.1) is 28.9 Å². The number of fused-ring (bicyclic) bond motifs is 1. The maximum absolute atomic E-state index is 13.2. The minimum absolute atomic E-state index is 0.0969. The standard InChI is InChI=1S/C27H25N3O6/c1-5-35-26(33)21-15(2)22(28-16(21)3)24(31)17(4)36-27(34)23-19-13-9-10-14-20(19)25(32)30(29-23)18-11-7-6-8-12-18/h6-14,17,28H,5H2,1-4H3. The number of carbonyl (C=O) groups excluding carboxylic acids is 3. The van der Waals surface area contributed by atoms with Gasteiger partial charge in [-0.1, -0.05) is 36.4 Å². The molecule has 4 rings (SSSR count). The van der Waals surface area contributed by atoms with Gasteiger partial charge in [0, 0.05) is 11.1 Å². The highest BCUT2D eigenvalue weighted by molar-refractivity contribution is 6.06. The van der Waals surface area contributed by atoms with Crippen LogP contribution in [0.3, 0.4) is 0 Å². The molecule has 0 saturated heterocycles. The van der Waals surface area contributed by atoms with Crippen LogP contribution >= 0.6 is 0 Å². The predicted molar refractivity (Wildman–Crippen MR) is 133 cm³/mol. The quantitative estimate of drug-likeness (QED) is 0.310. The molecular formula is C27H25N3O6. The van der Waals surface area contributed by atoms with Crippen molar-refractivity contribution in [3.05, 3.63) is 93.2 Å². The molecule has 0 aliphatic carbocycles. The molecule has 1 unspecified atom stereocenters. The van der Waals surface area contributed by atoms with E-state index in [2.05, 4.69) is 10.1 Å². The molecule has 184 valence electrons. The summed E-state index contributed by atoms with van der Waals surface area (Å²) in [6.07, 6.45) is -1.19. The van der Waals surface area contributed by atoms with Gasteiger partial charge in [-0.2, -0.15) is 9.78 Å². The normalized spacial score (nSPS) is 11.8. The van der Waals surface area contributed by atoms with Crippen LogP contribution in [0, 0.1) is 13.8 Å². The fourth-order valence-corrected chi connectivity index (χ4v) is 4.06. The average Bonchev–Trinajstić information content (AvgIpc) is 3.18. The van der Waals surface area contributed by atoms with Crippen molar-refractivity contribution in [3.63, 3.8) is 0 Å². The zero-order chi connectivity index (χ0) is 26.0. The van der Waals surface area contributed by atoms with E-state index in [0.717, 1.165) is 4.68 Å². The van der Waals surface area contributed by atoms with Gasteiger partial charge in [0.15, 0.2) is 11.8 Å². The van der Waals surface area contributed by atoms with Gasteiger partial charge >= 0.3 is 11.9 Å². The van der Waals surface area contributed by atoms with Gasteiger partial charge in [0.2, 0.25) is 5.78 Å². The minimum atomic E-state index is -1.19. The third kappa shape index (κ3) is 4.43. The first-order valence-electron chi connectivity index (χ1n) is 11.4. The van der Waals surface area contributed by atoms with Crippen molar-refractivity contribution in [1.82, 2.24) is 14.8 Å². The molecule has 1 N–H and O–H groups in total. The molecule has 1 atom stereocenters. The fraction of sp³-hybridized carbons (Fsp3) is 0.222. The molecule has 0 spiro atoms. The van der Waals surface area contributed by atoms with E-state index in [1.165, 1.54) is 6.92 Å². The van der Waals surface area contributed by atoms with Crippen molar-refractivity contribution < 1.29 is 23.9 Å². The van der Waals surface area contributed by atoms with Crippen LogP contribution in [0.1, 0.15) is 56.4 Å². The lowest BCUT2D eigenvalue weighted by atomic mass is 10.1. The highest BCUT2D eigenvalue weighted by Crippen LogP contribution is 2.22. The summed E-state index contributed by atoms with van der Waals surface area (Å²) in [7, 11) is 0. The predicted octanol–water partition coefficient (Wildman–Crippen LogP) is 3.94. The topological polar surface area (TPSA) is 120 Å². The van der Waals surface area contributed by atoms with Crippen LogP contribution < -0.4 is 5.56 Å². The zero-order valence-electron chi connectivity index (χ0n) is 20.3. The number of esters is 2. The van der Waals surface area contributed by atoms with Crippen molar-refractivity contribution in [2.75, 3.05) is 6.61 Å². The number of ether oxygens (including phenoxy) is 2. The van der Waals surface area contributed by atoms with Gasteiger partial charge in [-0.15, -0.1) is 0 Å². The number of hydrogen-bond donors (Lipinski definition) is 1. The van der Waals surface area contributed by atoms with Crippen LogP contribution in [-0.4, -0.2) is 45.2 Å². The van der Waals surface area contributed by atoms with Crippen LogP contribution in [0.25, 0.3) is 16.5 Å². The third-order valence-corrected chi connectivity index (χ3v) is 5.82. The largest absolute Gasteiger partial charge is 0.462 e. The summed E-state index contributed by atoms with van der Waals surface area (Å²) in [6.45, 7) is 6.63. The fourth-order valence-electron chi connectivity index (χ4n) is 4.06. The van der Waals surface area contributed by atoms with E-state index in [1.807, 2.05) is 0 Å². The molecule has 0 radical (unpaired) electrons. The smallest absolute Gasteiger partial charge is 0.360 e. The number of aromatic amines is 1. The number of nitrogens with one attached hydrogen (secondary N) is 1. The van der Waals surface area contributed by atoms with Gasteiger partial charge in [0.25, 0.3) is 5.56 Å². The highest BCUT2D eigenvalue weighted by Gasteiger charge is 2.29. The van der Waals surface area contributed by atoms with Crippen molar-refractivity contribution in [2.45, 2.75) is 33.8 Å². The second-order valence-corrected chi connectivity index (χ2v) is 8.20. The Bertz CT molecular complexity index is 1530. The number of rotatable bonds is 7. The van der Waals surface area contributed by atoms with Crippen molar-refractivity contribution in [3.8, 4) is 5.69 Å². The average molecular weight is 488 g/mol. The second kappa shape index (κ2) is 9.99. The zero-order valence-corrected chi connectivity index (χ0v) is 20.3. The Balaban J connectivity index is 1.68. The minimum Gasteiger partial charge on any atom is -0.462 e. The van der Waals surface area contributed by atoms with E-state index in [1.54, 1.807) is 75.4 Å². The van der Waals surface area contributed by atoms with Gasteiger partial charge < -0.3 is 14.5 Å². The first kappa shape index (κ1) is 24.6. The van der Waals surface area contributed by atoms with E-state index in [4.69, 9.17) is 9.47 Å². The summed E-state index contributed by atoms with van der Waals surface area (Å²) in [5.41, 5.74) is 1.33. The lowest BCUT2D eigenvalue weighted by Gasteiger charge is -2.14. The number of carbonyl (C=O) groups is 3. The number of benzene rings is 2. The first-order chi connectivity index (χ1) is 17.2. The van der Waals surface area contributed by atoms with Crippen LogP contribution in [-0.2, 0) is 9.47 Å². The molecule has 2 heterocycles. The number of ketones is 1. The van der Waals surface area contributed by atoms with E-state index >= 15 is 0 Å². The van der Waals surface area contributed by atoms with Gasteiger partial charge in [-0.3, -0.25) is 9.59 Å². The van der Waals surface area contributed by atoms with Gasteiger partial charge in [-0.05, 0) is 51.5 Å². The molecule has 0 saturated carbocycles. The lowest BCUT2D eigenvalue weighted by Crippen LogP contribution is -2.29. The lowest BCUT2D eigenvalue weighted by molar-refractivity contribution is 0.0311. The maximum Gasteiger partial charge on any atom is 0.360 e. The molecular weight excluding hydrogens is 462 g/mol. The third-order valence-electron chi connectivity index (χ3n) is 5.82. The summed E-state index contributed by atoms with van der Waals surface area (Å²) in [4.78, 5) is 54.6. The molecule has 0 aliphatic heterocycles. The Kier molecular flexibility index (Phi) is 6.82.